The van der Waals surface area contributed by atoms with Gasteiger partial charge in [0.2, 0.25) is 0 Å². The molecule has 2 rings (SSSR count). The number of benzene rings is 1. The predicted octanol–water partition coefficient (Wildman–Crippen LogP) is 3.38. The van der Waals surface area contributed by atoms with Gasteiger partial charge in [-0.05, 0) is 56.2 Å². The molecule has 1 aromatic carbocycles. The van der Waals surface area contributed by atoms with E-state index >= 15 is 0 Å². The lowest BCUT2D eigenvalue weighted by atomic mass is 10.1. The molecule has 0 atom stereocenters. The summed E-state index contributed by atoms with van der Waals surface area (Å²) in [5.74, 6) is 3.52. The van der Waals surface area contributed by atoms with Gasteiger partial charge < -0.3 is 20.1 Å². The van der Waals surface area contributed by atoms with Gasteiger partial charge >= 0.3 is 0 Å². The van der Waals surface area contributed by atoms with E-state index in [-0.39, 0.29) is 0 Å². The van der Waals surface area contributed by atoms with Crippen molar-refractivity contribution in [2.45, 2.75) is 45.4 Å². The number of aliphatic imine (C=N–C) groups is 1. The SMILES string of the molecule is CCOc1cc(CCCNC(=NC)NCCCC2CC2)ccc1OC. The minimum absolute atomic E-state index is 0.643. The summed E-state index contributed by atoms with van der Waals surface area (Å²) < 4.78 is 11.0. The van der Waals surface area contributed by atoms with E-state index in [0.717, 1.165) is 49.3 Å². The number of guanidine groups is 1. The largest absolute Gasteiger partial charge is 0.493 e. The highest BCUT2D eigenvalue weighted by Gasteiger charge is 2.19. The van der Waals surface area contributed by atoms with Gasteiger partial charge in [-0.25, -0.2) is 0 Å². The summed E-state index contributed by atoms with van der Waals surface area (Å²) in [5, 5.41) is 6.78. The summed E-state index contributed by atoms with van der Waals surface area (Å²) in [5.41, 5.74) is 1.26. The summed E-state index contributed by atoms with van der Waals surface area (Å²) in [7, 11) is 3.50. The minimum Gasteiger partial charge on any atom is -0.493 e. The summed E-state index contributed by atoms with van der Waals surface area (Å²) in [6.45, 7) is 4.54. The number of methoxy groups -OCH3 is 1. The van der Waals surface area contributed by atoms with E-state index in [1.807, 2.05) is 20.0 Å². The third kappa shape index (κ3) is 7.24. The number of ether oxygens (including phenoxy) is 2. The second-order valence-corrected chi connectivity index (χ2v) is 6.53. The molecular weight excluding hydrogens is 314 g/mol. The zero-order chi connectivity index (χ0) is 17.9. The zero-order valence-electron chi connectivity index (χ0n) is 15.9. The number of hydrogen-bond donors (Lipinski definition) is 2. The Hall–Kier alpha value is -1.91. The third-order valence-electron chi connectivity index (χ3n) is 4.46. The summed E-state index contributed by atoms with van der Waals surface area (Å²) >= 11 is 0. The van der Waals surface area contributed by atoms with Gasteiger partial charge in [0.25, 0.3) is 0 Å². The Morgan fingerprint density at radius 3 is 2.56 bits per heavy atom. The summed E-state index contributed by atoms with van der Waals surface area (Å²) in [6.07, 6.45) is 7.49. The van der Waals surface area contributed by atoms with Gasteiger partial charge in [-0.3, -0.25) is 4.99 Å². The molecule has 0 saturated heterocycles. The van der Waals surface area contributed by atoms with Crippen molar-refractivity contribution in [2.75, 3.05) is 33.9 Å². The van der Waals surface area contributed by atoms with Crippen LogP contribution in [0, 0.1) is 5.92 Å². The van der Waals surface area contributed by atoms with Crippen molar-refractivity contribution in [1.82, 2.24) is 10.6 Å². The second kappa shape index (κ2) is 10.9. The molecule has 0 aliphatic heterocycles. The van der Waals surface area contributed by atoms with Crippen LogP contribution in [-0.2, 0) is 6.42 Å². The molecule has 0 aromatic heterocycles. The average molecular weight is 348 g/mol. The fourth-order valence-electron chi connectivity index (χ4n) is 2.87. The molecule has 0 spiro atoms. The first-order valence-electron chi connectivity index (χ1n) is 9.51. The third-order valence-corrected chi connectivity index (χ3v) is 4.46. The molecular formula is C20H33N3O2. The van der Waals surface area contributed by atoms with Crippen LogP contribution in [0.15, 0.2) is 23.2 Å². The van der Waals surface area contributed by atoms with Gasteiger partial charge in [0.15, 0.2) is 17.5 Å². The molecule has 0 radical (unpaired) electrons. The number of aryl methyl sites for hydroxylation is 1. The lowest BCUT2D eigenvalue weighted by Gasteiger charge is -2.13. The zero-order valence-corrected chi connectivity index (χ0v) is 15.9. The molecule has 5 heteroatoms. The molecule has 1 fully saturated rings. The van der Waals surface area contributed by atoms with Crippen molar-refractivity contribution in [3.63, 3.8) is 0 Å². The fraction of sp³-hybridized carbons (Fsp3) is 0.650. The van der Waals surface area contributed by atoms with Crippen molar-refractivity contribution < 1.29 is 9.47 Å². The molecule has 1 aromatic rings. The molecule has 140 valence electrons. The van der Waals surface area contributed by atoms with Crippen LogP contribution in [-0.4, -0.2) is 39.8 Å². The number of nitrogens with zero attached hydrogens (tertiary/aromatic N) is 1. The molecule has 0 heterocycles. The monoisotopic (exact) mass is 347 g/mol. The van der Waals surface area contributed by atoms with Crippen LogP contribution >= 0.6 is 0 Å². The lowest BCUT2D eigenvalue weighted by molar-refractivity contribution is 0.310. The van der Waals surface area contributed by atoms with Crippen LogP contribution in [0.1, 0.15) is 44.6 Å². The van der Waals surface area contributed by atoms with E-state index in [9.17, 15) is 0 Å². The normalized spacial score (nSPS) is 14.3. The van der Waals surface area contributed by atoms with Crippen LogP contribution < -0.4 is 20.1 Å². The van der Waals surface area contributed by atoms with Gasteiger partial charge in [0.05, 0.1) is 13.7 Å². The van der Waals surface area contributed by atoms with Gasteiger partial charge in [-0.15, -0.1) is 0 Å². The lowest BCUT2D eigenvalue weighted by Crippen LogP contribution is -2.38. The predicted molar refractivity (Wildman–Crippen MR) is 104 cm³/mol. The Labute approximate surface area is 152 Å². The molecule has 1 saturated carbocycles. The van der Waals surface area contributed by atoms with E-state index in [0.29, 0.717) is 6.61 Å². The number of rotatable bonds is 11. The highest BCUT2D eigenvalue weighted by molar-refractivity contribution is 5.79. The van der Waals surface area contributed by atoms with Crippen LogP contribution in [0.3, 0.4) is 0 Å². The van der Waals surface area contributed by atoms with Crippen LogP contribution in [0.25, 0.3) is 0 Å². The van der Waals surface area contributed by atoms with Gasteiger partial charge in [-0.1, -0.05) is 18.9 Å². The first kappa shape index (κ1) is 19.4. The first-order chi connectivity index (χ1) is 12.3. The van der Waals surface area contributed by atoms with Crippen molar-refractivity contribution in [1.29, 1.82) is 0 Å². The van der Waals surface area contributed by atoms with Crippen molar-refractivity contribution in [3.8, 4) is 11.5 Å². The van der Waals surface area contributed by atoms with Crippen LogP contribution in [0.2, 0.25) is 0 Å². The topological polar surface area (TPSA) is 54.9 Å². The maximum atomic E-state index is 5.64. The van der Waals surface area contributed by atoms with Crippen molar-refractivity contribution in [2.24, 2.45) is 10.9 Å². The average Bonchev–Trinajstić information content (AvgIpc) is 3.45. The Balaban J connectivity index is 1.65. The molecule has 1 aliphatic carbocycles. The van der Waals surface area contributed by atoms with Crippen molar-refractivity contribution >= 4 is 5.96 Å². The Morgan fingerprint density at radius 2 is 1.92 bits per heavy atom. The first-order valence-corrected chi connectivity index (χ1v) is 9.51. The van der Waals surface area contributed by atoms with E-state index in [1.54, 1.807) is 7.11 Å². The second-order valence-electron chi connectivity index (χ2n) is 6.53. The van der Waals surface area contributed by atoms with E-state index in [2.05, 4.69) is 27.8 Å². The molecule has 5 nitrogen and oxygen atoms in total. The van der Waals surface area contributed by atoms with Gasteiger partial charge in [0, 0.05) is 20.1 Å². The maximum Gasteiger partial charge on any atom is 0.190 e. The summed E-state index contributed by atoms with van der Waals surface area (Å²) in [4.78, 5) is 4.28. The van der Waals surface area contributed by atoms with Gasteiger partial charge in [0.1, 0.15) is 0 Å². The Morgan fingerprint density at radius 1 is 1.16 bits per heavy atom. The highest BCUT2D eigenvalue weighted by atomic mass is 16.5. The van der Waals surface area contributed by atoms with E-state index in [1.165, 1.54) is 31.2 Å². The highest BCUT2D eigenvalue weighted by Crippen LogP contribution is 2.33. The molecule has 0 bridgehead atoms. The van der Waals surface area contributed by atoms with Crippen LogP contribution in [0.5, 0.6) is 11.5 Å². The molecule has 25 heavy (non-hydrogen) atoms. The number of nitrogens with one attached hydrogen (secondary N) is 2. The smallest absolute Gasteiger partial charge is 0.190 e. The fourth-order valence-corrected chi connectivity index (χ4v) is 2.87. The van der Waals surface area contributed by atoms with Gasteiger partial charge in [-0.2, -0.15) is 0 Å². The summed E-state index contributed by atoms with van der Waals surface area (Å²) in [6, 6.07) is 6.16. The standard InChI is InChI=1S/C20H33N3O2/c1-4-25-19-15-17(11-12-18(19)24-3)8-6-14-23-20(21-2)22-13-5-7-16-9-10-16/h11-12,15-16H,4-10,13-14H2,1-3H3,(H2,21,22,23). The Bertz CT molecular complexity index is 542. The number of hydrogen-bond acceptors (Lipinski definition) is 3. The van der Waals surface area contributed by atoms with Crippen molar-refractivity contribution in [3.05, 3.63) is 23.8 Å². The maximum absolute atomic E-state index is 5.64. The van der Waals surface area contributed by atoms with E-state index in [4.69, 9.17) is 9.47 Å². The Kier molecular flexibility index (Phi) is 8.43. The molecule has 1 aliphatic rings. The molecule has 2 N–H and O–H groups in total. The quantitative estimate of drug-likeness (QED) is 0.366. The minimum atomic E-state index is 0.643. The van der Waals surface area contributed by atoms with Crippen LogP contribution in [0.4, 0.5) is 0 Å². The van der Waals surface area contributed by atoms with E-state index < -0.39 is 0 Å². The molecule has 0 amide bonds. The molecule has 0 unspecified atom stereocenters.